The maximum Gasteiger partial charge on any atom is 0.220 e. The molecule has 360 valence electrons. The summed E-state index contributed by atoms with van der Waals surface area (Å²) in [5.74, 6) is -0.613. The first-order valence-corrected chi connectivity index (χ1v) is 25.5. The molecule has 8 atom stereocenters. The van der Waals surface area contributed by atoms with Gasteiger partial charge in [0.1, 0.15) is 30.5 Å². The Balaban J connectivity index is 2.41. The van der Waals surface area contributed by atoms with Gasteiger partial charge in [0.15, 0.2) is 6.29 Å². The zero-order valence-corrected chi connectivity index (χ0v) is 39.4. The first-order chi connectivity index (χ1) is 29.6. The summed E-state index contributed by atoms with van der Waals surface area (Å²) >= 11 is 0. The summed E-state index contributed by atoms with van der Waals surface area (Å²) in [5.41, 5.74) is 0. The lowest BCUT2D eigenvalue weighted by Crippen LogP contribution is -2.61. The lowest BCUT2D eigenvalue weighted by atomic mass is 9.98. The Bertz CT molecular complexity index is 1050. The fraction of sp³-hybridized carbons (Fsp3) is 0.920. The zero-order valence-electron chi connectivity index (χ0n) is 39.4. The standard InChI is InChI=1S/C50H96N2O9/c1-4-6-8-10-12-14-16-18-19-20-21-22-23-24-25-26-28-30-32-34-36-38-45(55)52-42(40-60-50-49(59)48(58)47(57)44(61-50)39-51-41(3)53)46(56)43(54)37-35-33-31-29-27-17-15-13-11-9-7-5-2/h18-19,42-44,46-50,54,56-59H,4-17,20-40H2,1-3H3,(H,51,53)(H,52,55)/b19-18-/t42?,43-,44?,46-,47-,48?,49?,50-/m0/s1. The van der Waals surface area contributed by atoms with Gasteiger partial charge < -0.3 is 45.6 Å². The van der Waals surface area contributed by atoms with E-state index in [-0.39, 0.29) is 31.4 Å². The monoisotopic (exact) mass is 869 g/mol. The highest BCUT2D eigenvalue weighted by Gasteiger charge is 2.45. The number of hydrogen-bond acceptors (Lipinski definition) is 9. The Morgan fingerprint density at radius 2 is 1.02 bits per heavy atom. The van der Waals surface area contributed by atoms with Crippen molar-refractivity contribution in [3.05, 3.63) is 12.2 Å². The summed E-state index contributed by atoms with van der Waals surface area (Å²) in [6.45, 7) is 5.39. The molecule has 0 aromatic rings. The largest absolute Gasteiger partial charge is 0.390 e. The Kier molecular flexibility index (Phi) is 37.6. The van der Waals surface area contributed by atoms with Gasteiger partial charge in [0.05, 0.1) is 18.8 Å². The second-order valence-corrected chi connectivity index (χ2v) is 18.2. The molecule has 2 amide bonds. The van der Waals surface area contributed by atoms with E-state index < -0.39 is 49.0 Å². The van der Waals surface area contributed by atoms with Crippen LogP contribution < -0.4 is 10.6 Å². The van der Waals surface area contributed by atoms with Crippen LogP contribution in [0.1, 0.15) is 233 Å². The molecule has 1 fully saturated rings. The van der Waals surface area contributed by atoms with Crippen molar-refractivity contribution in [2.45, 2.75) is 282 Å². The van der Waals surface area contributed by atoms with E-state index in [2.05, 4.69) is 36.6 Å². The van der Waals surface area contributed by atoms with Crippen molar-refractivity contribution in [3.8, 4) is 0 Å². The van der Waals surface area contributed by atoms with E-state index in [4.69, 9.17) is 9.47 Å². The first-order valence-electron chi connectivity index (χ1n) is 25.5. The van der Waals surface area contributed by atoms with Crippen LogP contribution >= 0.6 is 0 Å². The van der Waals surface area contributed by atoms with Gasteiger partial charge >= 0.3 is 0 Å². The average Bonchev–Trinajstić information content (AvgIpc) is 3.24. The van der Waals surface area contributed by atoms with Gasteiger partial charge in [-0.3, -0.25) is 9.59 Å². The van der Waals surface area contributed by atoms with Crippen LogP contribution in [0.25, 0.3) is 0 Å². The van der Waals surface area contributed by atoms with E-state index in [9.17, 15) is 35.1 Å². The summed E-state index contributed by atoms with van der Waals surface area (Å²) < 4.78 is 11.5. The van der Waals surface area contributed by atoms with E-state index in [0.29, 0.717) is 12.8 Å². The van der Waals surface area contributed by atoms with Crippen molar-refractivity contribution in [1.82, 2.24) is 10.6 Å². The summed E-state index contributed by atoms with van der Waals surface area (Å²) in [6.07, 6.45) is 33.6. The minimum absolute atomic E-state index is 0.113. The van der Waals surface area contributed by atoms with Crippen LogP contribution in [0, 0.1) is 0 Å². The molecular weight excluding hydrogens is 773 g/mol. The number of carbonyl (C=O) groups excluding carboxylic acids is 2. The molecule has 61 heavy (non-hydrogen) atoms. The fourth-order valence-electron chi connectivity index (χ4n) is 8.22. The summed E-state index contributed by atoms with van der Waals surface area (Å²) in [4.78, 5) is 24.6. The second kappa shape index (κ2) is 40.0. The maximum atomic E-state index is 13.1. The third-order valence-electron chi connectivity index (χ3n) is 12.3. The van der Waals surface area contributed by atoms with Gasteiger partial charge in [-0.15, -0.1) is 0 Å². The van der Waals surface area contributed by atoms with Gasteiger partial charge in [0.2, 0.25) is 11.8 Å². The molecule has 4 unspecified atom stereocenters. The number of nitrogens with one attached hydrogen (secondary N) is 2. The molecule has 11 heteroatoms. The molecule has 0 radical (unpaired) electrons. The Morgan fingerprint density at radius 3 is 1.48 bits per heavy atom. The number of amides is 2. The molecule has 0 aromatic heterocycles. The fourth-order valence-corrected chi connectivity index (χ4v) is 8.22. The molecule has 1 saturated heterocycles. The van der Waals surface area contributed by atoms with Crippen molar-refractivity contribution >= 4 is 11.8 Å². The van der Waals surface area contributed by atoms with Gasteiger partial charge in [0, 0.05) is 19.9 Å². The van der Waals surface area contributed by atoms with E-state index in [1.54, 1.807) is 0 Å². The molecule has 0 bridgehead atoms. The maximum absolute atomic E-state index is 13.1. The molecule has 1 aliphatic heterocycles. The first kappa shape index (κ1) is 57.4. The summed E-state index contributed by atoms with van der Waals surface area (Å²) in [7, 11) is 0. The van der Waals surface area contributed by atoms with E-state index in [1.807, 2.05) is 0 Å². The SMILES string of the molecule is CCCCCCCC/C=C\CCCCCCCCCCCCCC(=O)NC(CO[C@H]1OC(CNC(C)=O)[C@H](O)C(O)C1O)[C@H](O)[C@@H](O)CCCCCCCCCCCCCC. The predicted octanol–water partition coefficient (Wildman–Crippen LogP) is 9.62. The Hall–Kier alpha value is -1.60. The molecule has 1 heterocycles. The average molecular weight is 869 g/mol. The number of aliphatic hydroxyl groups excluding tert-OH is 5. The summed E-state index contributed by atoms with van der Waals surface area (Å²) in [6, 6.07) is -1.00. The Morgan fingerprint density at radius 1 is 0.590 bits per heavy atom. The zero-order chi connectivity index (χ0) is 44.8. The van der Waals surface area contributed by atoms with Gasteiger partial charge in [0.25, 0.3) is 0 Å². The van der Waals surface area contributed by atoms with E-state index in [1.165, 1.54) is 155 Å². The predicted molar refractivity (Wildman–Crippen MR) is 248 cm³/mol. The normalized spacial score (nSPS) is 20.8. The van der Waals surface area contributed by atoms with Crippen LogP contribution in [0.15, 0.2) is 12.2 Å². The lowest BCUT2D eigenvalue weighted by molar-refractivity contribution is -0.297. The lowest BCUT2D eigenvalue weighted by Gasteiger charge is -2.41. The number of allylic oxidation sites excluding steroid dienone is 2. The van der Waals surface area contributed by atoms with Crippen molar-refractivity contribution in [2.75, 3.05) is 13.2 Å². The number of aliphatic hydroxyl groups is 5. The van der Waals surface area contributed by atoms with E-state index in [0.717, 1.165) is 44.9 Å². The van der Waals surface area contributed by atoms with Crippen molar-refractivity contribution in [1.29, 1.82) is 0 Å². The molecule has 0 spiro atoms. The molecule has 7 N–H and O–H groups in total. The van der Waals surface area contributed by atoms with Crippen LogP contribution in [-0.4, -0.2) is 99.5 Å². The minimum Gasteiger partial charge on any atom is -0.390 e. The van der Waals surface area contributed by atoms with Crippen LogP contribution in [0.3, 0.4) is 0 Å². The minimum atomic E-state index is -1.61. The van der Waals surface area contributed by atoms with Crippen molar-refractivity contribution < 1.29 is 44.6 Å². The molecule has 0 saturated carbocycles. The number of carbonyl (C=O) groups is 2. The second-order valence-electron chi connectivity index (χ2n) is 18.2. The number of hydrogen-bond donors (Lipinski definition) is 7. The van der Waals surface area contributed by atoms with Crippen LogP contribution in [-0.2, 0) is 19.1 Å². The molecule has 1 rings (SSSR count). The molecule has 11 nitrogen and oxygen atoms in total. The van der Waals surface area contributed by atoms with Crippen LogP contribution in [0.4, 0.5) is 0 Å². The van der Waals surface area contributed by atoms with Crippen LogP contribution in [0.2, 0.25) is 0 Å². The third kappa shape index (κ3) is 31.0. The Labute approximate surface area is 373 Å². The number of unbranched alkanes of at least 4 members (excludes halogenated alkanes) is 28. The van der Waals surface area contributed by atoms with Gasteiger partial charge in [-0.25, -0.2) is 0 Å². The number of rotatable bonds is 42. The topological polar surface area (TPSA) is 178 Å². The van der Waals surface area contributed by atoms with Gasteiger partial charge in [-0.2, -0.15) is 0 Å². The highest BCUT2D eigenvalue weighted by atomic mass is 16.7. The smallest absolute Gasteiger partial charge is 0.220 e. The molecule has 0 aliphatic carbocycles. The van der Waals surface area contributed by atoms with Gasteiger partial charge in [-0.1, -0.05) is 193 Å². The molecular formula is C50H96N2O9. The van der Waals surface area contributed by atoms with Crippen molar-refractivity contribution in [3.63, 3.8) is 0 Å². The van der Waals surface area contributed by atoms with Crippen molar-refractivity contribution in [2.24, 2.45) is 0 Å². The highest BCUT2D eigenvalue weighted by Crippen LogP contribution is 2.23. The number of ether oxygens (including phenoxy) is 2. The van der Waals surface area contributed by atoms with Gasteiger partial charge in [-0.05, 0) is 38.5 Å². The molecule has 0 aromatic carbocycles. The van der Waals surface area contributed by atoms with Crippen LogP contribution in [0.5, 0.6) is 0 Å². The highest BCUT2D eigenvalue weighted by molar-refractivity contribution is 5.76. The quantitative estimate of drug-likeness (QED) is 0.0233. The summed E-state index contributed by atoms with van der Waals surface area (Å²) in [5, 5.41) is 59.1. The molecule has 1 aliphatic rings. The third-order valence-corrected chi connectivity index (χ3v) is 12.3. The van der Waals surface area contributed by atoms with E-state index >= 15 is 0 Å².